The summed E-state index contributed by atoms with van der Waals surface area (Å²) < 4.78 is 26.6. The molecular weight excluding hydrogens is 348 g/mol. The van der Waals surface area contributed by atoms with Crippen molar-refractivity contribution in [2.45, 2.75) is 18.2 Å². The zero-order valence-electron chi connectivity index (χ0n) is 13.0. The highest BCUT2D eigenvalue weighted by molar-refractivity contribution is 7.88. The van der Waals surface area contributed by atoms with Gasteiger partial charge in [-0.2, -0.15) is 0 Å². The Morgan fingerprint density at radius 1 is 1.08 bits per heavy atom. The molecule has 0 heterocycles. The minimum Gasteiger partial charge on any atom is -0.480 e. The molecule has 0 saturated heterocycles. The molecule has 2 rings (SSSR count). The van der Waals surface area contributed by atoms with Crippen LogP contribution in [0.4, 0.5) is 5.69 Å². The van der Waals surface area contributed by atoms with Crippen molar-refractivity contribution in [3.63, 3.8) is 0 Å². The minimum absolute atomic E-state index is 0.00959. The summed E-state index contributed by atoms with van der Waals surface area (Å²) in [5.74, 6) is -1.75. The molecule has 0 aliphatic heterocycles. The molecule has 8 nitrogen and oxygen atoms in total. The van der Waals surface area contributed by atoms with Gasteiger partial charge in [-0.05, 0) is 17.5 Å². The van der Waals surface area contributed by atoms with Crippen molar-refractivity contribution in [1.82, 2.24) is 4.72 Å². The maximum absolute atomic E-state index is 12.2. The van der Waals surface area contributed by atoms with E-state index >= 15 is 0 Å². The summed E-state index contributed by atoms with van der Waals surface area (Å²) >= 11 is 0. The number of non-ortho nitro benzene ring substituents is 1. The van der Waals surface area contributed by atoms with Crippen LogP contribution in [0.5, 0.6) is 0 Å². The summed E-state index contributed by atoms with van der Waals surface area (Å²) in [7, 11) is -3.93. The summed E-state index contributed by atoms with van der Waals surface area (Å²) in [5.41, 5.74) is 0.858. The van der Waals surface area contributed by atoms with Gasteiger partial charge in [0.25, 0.3) is 5.69 Å². The summed E-state index contributed by atoms with van der Waals surface area (Å²) in [6.07, 6.45) is 0.00959. The second-order valence-electron chi connectivity index (χ2n) is 5.38. The molecule has 0 radical (unpaired) electrons. The molecule has 0 saturated carbocycles. The molecule has 25 heavy (non-hydrogen) atoms. The third-order valence-corrected chi connectivity index (χ3v) is 4.76. The van der Waals surface area contributed by atoms with E-state index < -0.39 is 32.7 Å². The van der Waals surface area contributed by atoms with Crippen molar-refractivity contribution in [3.05, 3.63) is 75.8 Å². The Morgan fingerprint density at radius 2 is 1.68 bits per heavy atom. The van der Waals surface area contributed by atoms with Gasteiger partial charge in [0.2, 0.25) is 10.0 Å². The molecule has 0 amide bonds. The molecule has 9 heteroatoms. The van der Waals surface area contributed by atoms with Crippen molar-refractivity contribution in [1.29, 1.82) is 0 Å². The van der Waals surface area contributed by atoms with E-state index in [4.69, 9.17) is 0 Å². The Hall–Kier alpha value is -2.78. The van der Waals surface area contributed by atoms with Gasteiger partial charge >= 0.3 is 5.97 Å². The van der Waals surface area contributed by atoms with E-state index in [1.807, 2.05) is 0 Å². The van der Waals surface area contributed by atoms with Crippen LogP contribution in [0.3, 0.4) is 0 Å². The first kappa shape index (κ1) is 18.6. The van der Waals surface area contributed by atoms with E-state index in [1.165, 1.54) is 24.3 Å². The number of nitro groups is 1. The standard InChI is InChI=1S/C16H16N2O6S/c19-16(20)15(10-12-4-2-1-3-5-12)17-25(23,24)11-13-6-8-14(9-7-13)18(21)22/h1-9,15,17H,10-11H2,(H,19,20). The number of rotatable bonds is 8. The lowest BCUT2D eigenvalue weighted by Crippen LogP contribution is -2.42. The highest BCUT2D eigenvalue weighted by Gasteiger charge is 2.24. The highest BCUT2D eigenvalue weighted by atomic mass is 32.2. The number of aliphatic carboxylic acids is 1. The van der Waals surface area contributed by atoms with E-state index in [0.717, 1.165) is 0 Å². The molecule has 0 bridgehead atoms. The summed E-state index contributed by atoms with van der Waals surface area (Å²) in [6, 6.07) is 12.4. The first-order valence-corrected chi connectivity index (χ1v) is 8.92. The lowest BCUT2D eigenvalue weighted by molar-refractivity contribution is -0.384. The maximum atomic E-state index is 12.2. The van der Waals surface area contributed by atoms with E-state index in [0.29, 0.717) is 11.1 Å². The monoisotopic (exact) mass is 364 g/mol. The average molecular weight is 364 g/mol. The number of benzene rings is 2. The van der Waals surface area contributed by atoms with Crippen molar-refractivity contribution in [2.24, 2.45) is 0 Å². The third kappa shape index (κ3) is 5.66. The molecule has 0 fully saturated rings. The van der Waals surface area contributed by atoms with Crippen LogP contribution in [0.2, 0.25) is 0 Å². The predicted octanol–water partition coefficient (Wildman–Crippen LogP) is 1.71. The van der Waals surface area contributed by atoms with E-state index in [9.17, 15) is 28.4 Å². The second-order valence-corrected chi connectivity index (χ2v) is 7.13. The van der Waals surface area contributed by atoms with Gasteiger partial charge in [0.05, 0.1) is 10.7 Å². The number of nitro benzene ring substituents is 1. The van der Waals surface area contributed by atoms with Crippen LogP contribution in [0.15, 0.2) is 54.6 Å². The molecule has 2 aromatic carbocycles. The van der Waals surface area contributed by atoms with Crippen LogP contribution in [0, 0.1) is 10.1 Å². The largest absolute Gasteiger partial charge is 0.480 e. The molecule has 2 N–H and O–H groups in total. The Balaban J connectivity index is 2.09. The number of carboxylic acids is 1. The molecule has 1 unspecified atom stereocenters. The highest BCUT2D eigenvalue weighted by Crippen LogP contribution is 2.14. The fourth-order valence-corrected chi connectivity index (χ4v) is 3.55. The maximum Gasteiger partial charge on any atom is 0.322 e. The number of carbonyl (C=O) groups is 1. The van der Waals surface area contributed by atoms with Crippen LogP contribution in [-0.2, 0) is 27.0 Å². The normalized spacial score (nSPS) is 12.5. The van der Waals surface area contributed by atoms with Gasteiger partial charge in [0, 0.05) is 12.1 Å². The van der Waals surface area contributed by atoms with Crippen molar-refractivity contribution in [2.75, 3.05) is 0 Å². The van der Waals surface area contributed by atoms with Crippen molar-refractivity contribution < 1.29 is 23.2 Å². The molecule has 132 valence electrons. The number of sulfonamides is 1. The van der Waals surface area contributed by atoms with Crippen LogP contribution in [0.25, 0.3) is 0 Å². The van der Waals surface area contributed by atoms with Crippen molar-refractivity contribution >= 4 is 21.7 Å². The van der Waals surface area contributed by atoms with Gasteiger partial charge in [-0.25, -0.2) is 13.1 Å². The zero-order valence-corrected chi connectivity index (χ0v) is 13.8. The lowest BCUT2D eigenvalue weighted by Gasteiger charge is -2.15. The Labute approximate surface area is 144 Å². The van der Waals surface area contributed by atoms with Gasteiger partial charge in [0.15, 0.2) is 0 Å². The van der Waals surface area contributed by atoms with Crippen LogP contribution in [-0.4, -0.2) is 30.5 Å². The van der Waals surface area contributed by atoms with Crippen LogP contribution < -0.4 is 4.72 Å². The molecule has 0 aliphatic carbocycles. The fraction of sp³-hybridized carbons (Fsp3) is 0.188. The van der Waals surface area contributed by atoms with E-state index in [-0.39, 0.29) is 12.1 Å². The van der Waals surface area contributed by atoms with Crippen LogP contribution in [0.1, 0.15) is 11.1 Å². The van der Waals surface area contributed by atoms with E-state index in [1.54, 1.807) is 30.3 Å². The van der Waals surface area contributed by atoms with Crippen LogP contribution >= 0.6 is 0 Å². The molecule has 2 aromatic rings. The molecular formula is C16H16N2O6S. The van der Waals surface area contributed by atoms with Crippen molar-refractivity contribution in [3.8, 4) is 0 Å². The SMILES string of the molecule is O=C(O)C(Cc1ccccc1)NS(=O)(=O)Cc1ccc([N+](=O)[O-])cc1. The van der Waals surface area contributed by atoms with Gasteiger partial charge in [-0.1, -0.05) is 42.5 Å². The molecule has 0 spiro atoms. The summed E-state index contributed by atoms with van der Waals surface area (Å²) in [4.78, 5) is 21.4. The van der Waals surface area contributed by atoms with E-state index in [2.05, 4.69) is 4.72 Å². The first-order valence-electron chi connectivity index (χ1n) is 7.27. The predicted molar refractivity (Wildman–Crippen MR) is 90.4 cm³/mol. The van der Waals surface area contributed by atoms with Gasteiger partial charge in [-0.3, -0.25) is 14.9 Å². The topological polar surface area (TPSA) is 127 Å². The molecule has 0 aromatic heterocycles. The van der Waals surface area contributed by atoms with Gasteiger partial charge in [-0.15, -0.1) is 0 Å². The molecule has 1 atom stereocenters. The first-order chi connectivity index (χ1) is 11.8. The minimum atomic E-state index is -3.93. The quantitative estimate of drug-likeness (QED) is 0.542. The Kier molecular flexibility index (Phi) is 5.84. The number of nitrogens with zero attached hydrogens (tertiary/aromatic N) is 1. The lowest BCUT2D eigenvalue weighted by atomic mass is 10.1. The zero-order chi connectivity index (χ0) is 18.4. The third-order valence-electron chi connectivity index (χ3n) is 3.41. The second kappa shape index (κ2) is 7.86. The van der Waals surface area contributed by atoms with Gasteiger partial charge in [0.1, 0.15) is 6.04 Å². The average Bonchev–Trinajstić information content (AvgIpc) is 2.55. The Morgan fingerprint density at radius 3 is 2.20 bits per heavy atom. The smallest absolute Gasteiger partial charge is 0.322 e. The number of hydrogen-bond acceptors (Lipinski definition) is 5. The van der Waals surface area contributed by atoms with Gasteiger partial charge < -0.3 is 5.11 Å². The fourth-order valence-electron chi connectivity index (χ4n) is 2.22. The number of carboxylic acid groups (broad SMARTS) is 1. The molecule has 0 aliphatic rings. The Bertz CT molecular complexity index is 850. The number of hydrogen-bond donors (Lipinski definition) is 2. The summed E-state index contributed by atoms with van der Waals surface area (Å²) in [5, 5.41) is 19.9. The number of nitrogens with one attached hydrogen (secondary N) is 1. The summed E-state index contributed by atoms with van der Waals surface area (Å²) in [6.45, 7) is 0.